The summed E-state index contributed by atoms with van der Waals surface area (Å²) < 4.78 is 19.6. The molecule has 0 fully saturated rings. The van der Waals surface area contributed by atoms with Gasteiger partial charge in [0.05, 0.1) is 0 Å². The maximum absolute atomic E-state index is 5.98. The van der Waals surface area contributed by atoms with Crippen molar-refractivity contribution in [1.29, 1.82) is 0 Å². The summed E-state index contributed by atoms with van der Waals surface area (Å²) in [6.45, 7) is 2.29. The van der Waals surface area contributed by atoms with E-state index < -0.39 is 24.9 Å². The van der Waals surface area contributed by atoms with E-state index in [4.69, 9.17) is 13.3 Å². The molecule has 0 aromatic heterocycles. The van der Waals surface area contributed by atoms with Crippen molar-refractivity contribution in [1.82, 2.24) is 0 Å². The van der Waals surface area contributed by atoms with Gasteiger partial charge in [0.15, 0.2) is 0 Å². The molecule has 0 aromatic rings. The normalized spacial score (nSPS) is 16.4. The Morgan fingerprint density at radius 3 is 1.65 bits per heavy atom. The fourth-order valence-electron chi connectivity index (χ4n) is 4.64. The summed E-state index contributed by atoms with van der Waals surface area (Å²) in [6, 6.07) is 0. The summed E-state index contributed by atoms with van der Waals surface area (Å²) >= 11 is -1.84. The molecule has 1 rings (SSSR count). The standard InChI is InChI=1S/C23H43O3Si.3CH3.Pt/c1-5-6-7-8-9-10-11-12-13-14-15-16-21-23(22-19-17-18-20-22)27(24-2,25-3)26-4;;;;/h17,19,23H,5-16,18,21H2,1-4H3;3*1H3;. The van der Waals surface area contributed by atoms with Gasteiger partial charge in [-0.15, -0.1) is 0 Å². The van der Waals surface area contributed by atoms with Crippen LogP contribution in [0.5, 0.6) is 0 Å². The van der Waals surface area contributed by atoms with Crippen LogP contribution < -0.4 is 0 Å². The van der Waals surface area contributed by atoms with Crippen LogP contribution in [0.1, 0.15) is 96.8 Å². The fraction of sp³-hybridized carbons (Fsp3) is 0.846. The minimum atomic E-state index is -2.71. The first-order chi connectivity index (χ1) is 14.9. The molecule has 5 heteroatoms. The summed E-state index contributed by atoms with van der Waals surface area (Å²) in [4.78, 5) is 0. The van der Waals surface area contributed by atoms with Crippen molar-refractivity contribution in [3.05, 3.63) is 21.7 Å². The van der Waals surface area contributed by atoms with Crippen molar-refractivity contribution in [2.45, 2.75) is 118 Å². The molecule has 0 bridgehead atoms. The second-order valence-electron chi connectivity index (χ2n) is 9.30. The molecule has 1 aliphatic carbocycles. The molecule has 3 nitrogen and oxygen atoms in total. The third-order valence-electron chi connectivity index (χ3n) is 6.45. The molecule has 1 atom stereocenters. The van der Waals surface area contributed by atoms with Crippen LogP contribution in [0.3, 0.4) is 0 Å². The summed E-state index contributed by atoms with van der Waals surface area (Å²) in [5, 5.41) is 7.48. The van der Waals surface area contributed by atoms with Crippen LogP contribution in [-0.2, 0) is 29.3 Å². The van der Waals surface area contributed by atoms with E-state index >= 15 is 0 Å². The van der Waals surface area contributed by atoms with Gasteiger partial charge in [0.2, 0.25) is 0 Å². The zero-order valence-electron chi connectivity index (χ0n) is 21.7. The fourth-order valence-corrected chi connectivity index (χ4v) is 11.7. The van der Waals surface area contributed by atoms with E-state index in [2.05, 4.69) is 35.0 Å². The molecule has 0 radical (unpaired) electrons. The molecule has 0 spiro atoms. The van der Waals surface area contributed by atoms with Crippen LogP contribution in [0.25, 0.3) is 0 Å². The van der Waals surface area contributed by atoms with Gasteiger partial charge in [-0.25, -0.2) is 0 Å². The minimum absolute atomic E-state index is 0.271. The van der Waals surface area contributed by atoms with Crippen LogP contribution in [-0.4, -0.2) is 30.1 Å². The molecular weight excluding hydrogens is 583 g/mol. The number of hydrogen-bond donors (Lipinski definition) is 0. The van der Waals surface area contributed by atoms with Crippen LogP contribution >= 0.6 is 0 Å². The van der Waals surface area contributed by atoms with E-state index in [1.165, 1.54) is 82.6 Å². The van der Waals surface area contributed by atoms with E-state index in [1.807, 2.05) is 0 Å². The Balaban J connectivity index is 2.52. The molecular formula is C26H52O3PtSi. The van der Waals surface area contributed by atoms with Crippen molar-refractivity contribution in [3.8, 4) is 0 Å². The first-order valence-corrected chi connectivity index (χ1v) is 22.0. The van der Waals surface area contributed by atoms with Crippen molar-refractivity contribution in [2.75, 3.05) is 21.3 Å². The number of allylic oxidation sites excluding steroid dienone is 4. The van der Waals surface area contributed by atoms with Crippen LogP contribution in [0.15, 0.2) is 21.7 Å². The van der Waals surface area contributed by atoms with Gasteiger partial charge in [0.1, 0.15) is 0 Å². The Hall–Kier alpha value is 0.265. The number of rotatable bonds is 19. The van der Waals surface area contributed by atoms with Gasteiger partial charge in [0.25, 0.3) is 0 Å². The second kappa shape index (κ2) is 16.0. The summed E-state index contributed by atoms with van der Waals surface area (Å²) in [5.41, 5.74) is 1.76. The molecule has 0 amide bonds. The Kier molecular flexibility index (Phi) is 15.1. The van der Waals surface area contributed by atoms with Gasteiger partial charge in [-0.3, -0.25) is 0 Å². The van der Waals surface area contributed by atoms with Crippen LogP contribution in [0.2, 0.25) is 21.5 Å². The molecule has 188 valence electrons. The van der Waals surface area contributed by atoms with Gasteiger partial charge in [0, 0.05) is 0 Å². The topological polar surface area (TPSA) is 27.7 Å². The van der Waals surface area contributed by atoms with E-state index in [0.29, 0.717) is 0 Å². The molecule has 0 saturated heterocycles. The second-order valence-corrected chi connectivity index (χ2v) is 24.0. The predicted octanol–water partition coefficient (Wildman–Crippen LogP) is 8.84. The average molecular weight is 636 g/mol. The van der Waals surface area contributed by atoms with Gasteiger partial charge < -0.3 is 0 Å². The summed E-state index contributed by atoms with van der Waals surface area (Å²) in [5.74, 6) is 0. The Bertz CT molecular complexity index is 527. The Morgan fingerprint density at radius 2 is 1.23 bits per heavy atom. The first-order valence-electron chi connectivity index (χ1n) is 12.3. The zero-order valence-corrected chi connectivity index (χ0v) is 24.9. The Morgan fingerprint density at radius 1 is 0.774 bits per heavy atom. The monoisotopic (exact) mass is 635 g/mol. The third-order valence-corrected chi connectivity index (χ3v) is 14.8. The van der Waals surface area contributed by atoms with Crippen molar-refractivity contribution < 1.29 is 29.3 Å². The molecule has 0 aromatic carbocycles. The first kappa shape index (κ1) is 29.3. The number of unbranched alkanes of at least 4 members (excludes halogenated alkanes) is 11. The quantitative estimate of drug-likeness (QED) is 0.105. The zero-order chi connectivity index (χ0) is 23.2. The van der Waals surface area contributed by atoms with Gasteiger partial charge in [-0.2, -0.15) is 0 Å². The van der Waals surface area contributed by atoms with Crippen LogP contribution in [0.4, 0.5) is 0 Å². The average Bonchev–Trinajstić information content (AvgIpc) is 3.24. The molecule has 1 aliphatic rings. The molecule has 0 aliphatic heterocycles. The third kappa shape index (κ3) is 9.96. The summed E-state index contributed by atoms with van der Waals surface area (Å²) in [7, 11) is 2.59. The van der Waals surface area contributed by atoms with E-state index in [0.717, 1.165) is 12.8 Å². The molecule has 1 unspecified atom stereocenters. The number of hydrogen-bond acceptors (Lipinski definition) is 3. The van der Waals surface area contributed by atoms with Gasteiger partial charge >= 0.3 is 167 Å². The summed E-state index contributed by atoms with van der Waals surface area (Å²) in [6.07, 6.45) is 23.5. The van der Waals surface area contributed by atoms with Crippen molar-refractivity contribution in [3.63, 3.8) is 0 Å². The van der Waals surface area contributed by atoms with Crippen molar-refractivity contribution in [2.24, 2.45) is 0 Å². The maximum atomic E-state index is 5.98. The van der Waals surface area contributed by atoms with E-state index in [1.54, 1.807) is 25.3 Å². The molecule has 0 N–H and O–H groups in total. The van der Waals surface area contributed by atoms with E-state index in [-0.39, 0.29) is 5.54 Å². The Labute approximate surface area is 199 Å². The molecule has 0 heterocycles. The molecule has 31 heavy (non-hydrogen) atoms. The predicted molar refractivity (Wildman–Crippen MR) is 135 cm³/mol. The SMILES string of the molecule is CCCCCCCCCCCCCCC(C1=[C]([Pt]([CH3])([CH3])[CH3])CC=C1)[Si](OC)(OC)OC. The van der Waals surface area contributed by atoms with E-state index in [9.17, 15) is 0 Å². The van der Waals surface area contributed by atoms with Crippen LogP contribution in [0, 0.1) is 0 Å². The molecule has 0 saturated carbocycles. The van der Waals surface area contributed by atoms with Gasteiger partial charge in [-0.05, 0) is 0 Å². The van der Waals surface area contributed by atoms with Crippen molar-refractivity contribution >= 4 is 8.80 Å². The van der Waals surface area contributed by atoms with Gasteiger partial charge in [-0.1, -0.05) is 32.6 Å².